The normalized spacial score (nSPS) is 15.4. The molecule has 1 aromatic rings. The van der Waals surface area contributed by atoms with E-state index in [0.29, 0.717) is 0 Å². The molecule has 1 fully saturated rings. The number of hydrogen-bond acceptors (Lipinski definition) is 1. The Labute approximate surface area is 104 Å². The molecule has 1 heterocycles. The van der Waals surface area contributed by atoms with Gasteiger partial charge >= 0.3 is 0 Å². The first-order valence-corrected chi connectivity index (χ1v) is 6.67. The number of piperidine rings is 1. The molecule has 0 aromatic heterocycles. The van der Waals surface area contributed by atoms with Gasteiger partial charge in [-0.05, 0) is 43.9 Å². The lowest BCUT2D eigenvalue weighted by molar-refractivity contribution is 0.577. The van der Waals surface area contributed by atoms with Crippen molar-refractivity contribution in [3.8, 4) is 0 Å². The van der Waals surface area contributed by atoms with Gasteiger partial charge in [0.1, 0.15) is 0 Å². The summed E-state index contributed by atoms with van der Waals surface area (Å²) in [6.45, 7) is 8.47. The number of hydrogen-bond donors (Lipinski definition) is 0. The fourth-order valence-corrected chi connectivity index (χ4v) is 2.24. The molecule has 0 unspecified atom stereocenters. The van der Waals surface area contributed by atoms with Crippen molar-refractivity contribution in [1.82, 2.24) is 0 Å². The first kappa shape index (κ1) is 13.4. The van der Waals surface area contributed by atoms with E-state index in [1.807, 2.05) is 26.0 Å². The summed E-state index contributed by atoms with van der Waals surface area (Å²) < 4.78 is 0. The average molecular weight is 240 g/mol. The lowest BCUT2D eigenvalue weighted by atomic mass is 10.1. The van der Waals surface area contributed by atoms with Gasteiger partial charge in [0.25, 0.3) is 0 Å². The van der Waals surface area contributed by atoms with Crippen molar-refractivity contribution >= 4 is 17.3 Å². The van der Waals surface area contributed by atoms with Crippen LogP contribution in [0.3, 0.4) is 0 Å². The van der Waals surface area contributed by atoms with Crippen molar-refractivity contribution in [2.75, 3.05) is 18.0 Å². The summed E-state index contributed by atoms with van der Waals surface area (Å²) in [6, 6.07) is 6.18. The Morgan fingerprint density at radius 3 is 2.31 bits per heavy atom. The summed E-state index contributed by atoms with van der Waals surface area (Å²) in [5.74, 6) is 0. The highest BCUT2D eigenvalue weighted by Crippen LogP contribution is 2.28. The maximum Gasteiger partial charge on any atom is 0.0455 e. The van der Waals surface area contributed by atoms with E-state index in [-0.39, 0.29) is 0 Å². The van der Waals surface area contributed by atoms with Gasteiger partial charge in [-0.2, -0.15) is 0 Å². The number of nitrogens with zero attached hydrogens (tertiary/aromatic N) is 1. The van der Waals surface area contributed by atoms with Crippen molar-refractivity contribution in [2.45, 2.75) is 40.0 Å². The van der Waals surface area contributed by atoms with E-state index in [2.05, 4.69) is 17.9 Å². The van der Waals surface area contributed by atoms with Crippen LogP contribution in [0.15, 0.2) is 18.2 Å². The topological polar surface area (TPSA) is 3.24 Å². The molecule has 0 N–H and O–H groups in total. The van der Waals surface area contributed by atoms with Crippen LogP contribution in [0.2, 0.25) is 5.02 Å². The van der Waals surface area contributed by atoms with Gasteiger partial charge in [0.2, 0.25) is 0 Å². The van der Waals surface area contributed by atoms with Gasteiger partial charge in [0, 0.05) is 23.8 Å². The molecular formula is C14H22ClN. The van der Waals surface area contributed by atoms with Crippen LogP contribution in [-0.2, 0) is 0 Å². The zero-order valence-corrected chi connectivity index (χ0v) is 11.3. The molecule has 1 aliphatic heterocycles. The highest BCUT2D eigenvalue weighted by Gasteiger charge is 2.13. The van der Waals surface area contributed by atoms with Gasteiger partial charge in [-0.15, -0.1) is 0 Å². The largest absolute Gasteiger partial charge is 0.371 e. The average Bonchev–Trinajstić information content (AvgIpc) is 2.36. The predicted molar refractivity (Wildman–Crippen MR) is 73.6 cm³/mol. The van der Waals surface area contributed by atoms with Gasteiger partial charge in [-0.25, -0.2) is 0 Å². The molecule has 1 saturated heterocycles. The van der Waals surface area contributed by atoms with E-state index in [4.69, 9.17) is 11.6 Å². The summed E-state index contributed by atoms with van der Waals surface area (Å²) >= 11 is 6.11. The van der Waals surface area contributed by atoms with Crippen molar-refractivity contribution in [2.24, 2.45) is 0 Å². The molecule has 2 heteroatoms. The van der Waals surface area contributed by atoms with Crippen molar-refractivity contribution < 1.29 is 0 Å². The molecule has 1 aromatic carbocycles. The van der Waals surface area contributed by atoms with Gasteiger partial charge < -0.3 is 4.90 Å². The van der Waals surface area contributed by atoms with E-state index < -0.39 is 0 Å². The van der Waals surface area contributed by atoms with Gasteiger partial charge in [-0.3, -0.25) is 0 Å². The number of rotatable bonds is 1. The smallest absolute Gasteiger partial charge is 0.0455 e. The summed E-state index contributed by atoms with van der Waals surface area (Å²) in [4.78, 5) is 2.45. The standard InChI is InChI=1S/C12H16ClN.C2H6/c1-10-11(13)6-5-7-12(10)14-8-3-2-4-9-14;1-2/h5-7H,2-4,8-9H2,1H3;1-2H3. The minimum atomic E-state index is 0.882. The fourth-order valence-electron chi connectivity index (χ4n) is 2.07. The van der Waals surface area contributed by atoms with Crippen LogP contribution in [0.5, 0.6) is 0 Å². The van der Waals surface area contributed by atoms with E-state index in [0.717, 1.165) is 5.02 Å². The van der Waals surface area contributed by atoms with Crippen LogP contribution in [0.1, 0.15) is 38.7 Å². The Kier molecular flexibility index (Phi) is 5.68. The summed E-state index contributed by atoms with van der Waals surface area (Å²) in [6.07, 6.45) is 3.99. The zero-order valence-electron chi connectivity index (χ0n) is 10.6. The first-order chi connectivity index (χ1) is 7.79. The Balaban J connectivity index is 0.000000606. The van der Waals surface area contributed by atoms with E-state index >= 15 is 0 Å². The van der Waals surface area contributed by atoms with Gasteiger partial charge in [-0.1, -0.05) is 31.5 Å². The minimum absolute atomic E-state index is 0.882. The molecule has 16 heavy (non-hydrogen) atoms. The Bertz CT molecular complexity index is 317. The third-order valence-electron chi connectivity index (χ3n) is 2.94. The lowest BCUT2D eigenvalue weighted by Crippen LogP contribution is -2.29. The van der Waals surface area contributed by atoms with E-state index in [9.17, 15) is 0 Å². The third-order valence-corrected chi connectivity index (χ3v) is 3.35. The SMILES string of the molecule is CC.Cc1c(Cl)cccc1N1CCCCC1. The van der Waals surface area contributed by atoms with Crippen LogP contribution in [0, 0.1) is 6.92 Å². The van der Waals surface area contributed by atoms with E-state index in [1.54, 1.807) is 0 Å². The van der Waals surface area contributed by atoms with Crippen LogP contribution in [0.25, 0.3) is 0 Å². The number of benzene rings is 1. The van der Waals surface area contributed by atoms with E-state index in [1.165, 1.54) is 43.6 Å². The Morgan fingerprint density at radius 2 is 1.69 bits per heavy atom. The van der Waals surface area contributed by atoms with Crippen molar-refractivity contribution in [3.63, 3.8) is 0 Å². The maximum absolute atomic E-state index is 6.11. The number of halogens is 1. The Hall–Kier alpha value is -0.690. The Morgan fingerprint density at radius 1 is 1.06 bits per heavy atom. The second-order valence-corrected chi connectivity index (χ2v) is 4.34. The molecule has 0 saturated carbocycles. The van der Waals surface area contributed by atoms with Crippen LogP contribution in [-0.4, -0.2) is 13.1 Å². The molecule has 2 rings (SSSR count). The highest BCUT2D eigenvalue weighted by molar-refractivity contribution is 6.31. The third kappa shape index (κ3) is 3.15. The van der Waals surface area contributed by atoms with Crippen molar-refractivity contribution in [1.29, 1.82) is 0 Å². The second kappa shape index (κ2) is 6.80. The van der Waals surface area contributed by atoms with Crippen molar-refractivity contribution in [3.05, 3.63) is 28.8 Å². The van der Waals surface area contributed by atoms with Gasteiger partial charge in [0.05, 0.1) is 0 Å². The molecule has 1 nitrogen and oxygen atoms in total. The molecule has 0 radical (unpaired) electrons. The summed E-state index contributed by atoms with van der Waals surface area (Å²) in [7, 11) is 0. The molecule has 1 aliphatic rings. The molecular weight excluding hydrogens is 218 g/mol. The highest BCUT2D eigenvalue weighted by atomic mass is 35.5. The van der Waals surface area contributed by atoms with Gasteiger partial charge in [0.15, 0.2) is 0 Å². The van der Waals surface area contributed by atoms with Crippen LogP contribution in [0.4, 0.5) is 5.69 Å². The second-order valence-electron chi connectivity index (χ2n) is 3.93. The maximum atomic E-state index is 6.11. The van der Waals surface area contributed by atoms with Crippen LogP contribution >= 0.6 is 11.6 Å². The molecule has 0 atom stereocenters. The molecule has 0 bridgehead atoms. The molecule has 90 valence electrons. The molecule has 0 spiro atoms. The lowest BCUT2D eigenvalue weighted by Gasteiger charge is -2.30. The summed E-state index contributed by atoms with van der Waals surface area (Å²) in [5.41, 5.74) is 2.54. The first-order valence-electron chi connectivity index (χ1n) is 6.29. The monoisotopic (exact) mass is 239 g/mol. The quantitative estimate of drug-likeness (QED) is 0.689. The minimum Gasteiger partial charge on any atom is -0.371 e. The predicted octanol–water partition coefficient (Wildman–Crippen LogP) is 4.66. The molecule has 0 amide bonds. The molecule has 0 aliphatic carbocycles. The fraction of sp³-hybridized carbons (Fsp3) is 0.571. The zero-order chi connectivity index (χ0) is 12.0. The number of anilines is 1. The van der Waals surface area contributed by atoms with Crippen LogP contribution < -0.4 is 4.90 Å². The summed E-state index contributed by atoms with van der Waals surface area (Å²) in [5, 5.41) is 0.882.